The van der Waals surface area contributed by atoms with Crippen LogP contribution in [0.15, 0.2) is 0 Å². The van der Waals surface area contributed by atoms with E-state index in [1.54, 1.807) is 0 Å². The Bertz CT molecular complexity index is 341. The zero-order valence-corrected chi connectivity index (χ0v) is 9.15. The number of nitrogens with zero attached hydrogens (tertiary/aromatic N) is 1. The fraction of sp³-hybridized carbons (Fsp3) is 0.727. The molecule has 3 rings (SSSR count). The fourth-order valence-electron chi connectivity index (χ4n) is 2.30. The number of aryl methyl sites for hydroxylation is 1. The Morgan fingerprint density at radius 1 is 1.21 bits per heavy atom. The first-order chi connectivity index (χ1) is 6.84. The van der Waals surface area contributed by atoms with Gasteiger partial charge < -0.3 is 5.73 Å². The summed E-state index contributed by atoms with van der Waals surface area (Å²) in [6.07, 6.45) is 7.68. The van der Waals surface area contributed by atoms with Crippen molar-refractivity contribution in [2.75, 3.05) is 0 Å². The molecule has 0 aliphatic heterocycles. The molecule has 2 aliphatic rings. The molecule has 2 aliphatic carbocycles. The highest BCUT2D eigenvalue weighted by atomic mass is 32.1. The normalized spacial score (nSPS) is 27.1. The van der Waals surface area contributed by atoms with E-state index >= 15 is 0 Å². The first-order valence-corrected chi connectivity index (χ1v) is 6.41. The molecule has 76 valence electrons. The molecule has 2 nitrogen and oxygen atoms in total. The van der Waals surface area contributed by atoms with E-state index in [1.807, 2.05) is 11.3 Å². The van der Waals surface area contributed by atoms with Gasteiger partial charge in [0.05, 0.1) is 10.7 Å². The second kappa shape index (κ2) is 3.31. The molecule has 3 heteroatoms. The predicted octanol–water partition coefficient (Wildman–Crippen LogP) is 2.75. The molecule has 0 bridgehead atoms. The average Bonchev–Trinajstić information content (AvgIpc) is 2.46. The molecular formula is C11H16N2S. The van der Waals surface area contributed by atoms with Crippen LogP contribution in [0.2, 0.25) is 0 Å². The molecular weight excluding hydrogens is 192 g/mol. The summed E-state index contributed by atoms with van der Waals surface area (Å²) in [5.41, 5.74) is 7.29. The van der Waals surface area contributed by atoms with Gasteiger partial charge in [-0.1, -0.05) is 6.42 Å². The maximum atomic E-state index is 6.06. The lowest BCUT2D eigenvalue weighted by atomic mass is 9.86. The second-order valence-corrected chi connectivity index (χ2v) is 5.60. The molecule has 0 saturated heterocycles. The Hall–Kier alpha value is -0.410. The van der Waals surface area contributed by atoms with Gasteiger partial charge in [-0.25, -0.2) is 4.98 Å². The van der Waals surface area contributed by atoms with E-state index in [-0.39, 0.29) is 6.04 Å². The van der Waals surface area contributed by atoms with Crippen molar-refractivity contribution in [1.82, 2.24) is 4.98 Å². The summed E-state index contributed by atoms with van der Waals surface area (Å²) in [5.74, 6) is 0.776. The molecule has 1 heterocycles. The Morgan fingerprint density at radius 3 is 2.71 bits per heavy atom. The van der Waals surface area contributed by atoms with E-state index in [0.717, 1.165) is 12.3 Å². The maximum absolute atomic E-state index is 6.06. The predicted molar refractivity (Wildman–Crippen MR) is 58.6 cm³/mol. The number of hydrogen-bond acceptors (Lipinski definition) is 3. The van der Waals surface area contributed by atoms with Crippen LogP contribution in [0.25, 0.3) is 0 Å². The summed E-state index contributed by atoms with van der Waals surface area (Å²) in [4.78, 5) is 6.22. The minimum atomic E-state index is 0.226. The van der Waals surface area contributed by atoms with E-state index < -0.39 is 0 Å². The Morgan fingerprint density at radius 2 is 2.07 bits per heavy atom. The van der Waals surface area contributed by atoms with Gasteiger partial charge in [0.15, 0.2) is 0 Å². The molecule has 2 N–H and O–H groups in total. The molecule has 1 atom stereocenters. The fourth-order valence-corrected chi connectivity index (χ4v) is 3.65. The van der Waals surface area contributed by atoms with Gasteiger partial charge in [0, 0.05) is 16.8 Å². The maximum Gasteiger partial charge on any atom is 0.0962 e. The number of aromatic nitrogens is 1. The lowest BCUT2D eigenvalue weighted by Crippen LogP contribution is -2.17. The zero-order valence-electron chi connectivity index (χ0n) is 8.33. The average molecular weight is 208 g/mol. The third kappa shape index (κ3) is 1.30. The minimum absolute atomic E-state index is 0.226. The molecule has 1 aromatic rings. The number of thiazole rings is 1. The summed E-state index contributed by atoms with van der Waals surface area (Å²) < 4.78 is 0. The van der Waals surface area contributed by atoms with Crippen molar-refractivity contribution >= 4 is 11.3 Å². The lowest BCUT2D eigenvalue weighted by Gasteiger charge is -2.22. The van der Waals surface area contributed by atoms with E-state index in [4.69, 9.17) is 10.7 Å². The van der Waals surface area contributed by atoms with Crippen LogP contribution in [0, 0.1) is 0 Å². The molecule has 1 aromatic heterocycles. The van der Waals surface area contributed by atoms with Crippen molar-refractivity contribution in [3.63, 3.8) is 0 Å². The minimum Gasteiger partial charge on any atom is -0.323 e. The van der Waals surface area contributed by atoms with Gasteiger partial charge in [-0.3, -0.25) is 0 Å². The van der Waals surface area contributed by atoms with Gasteiger partial charge in [-0.2, -0.15) is 0 Å². The highest BCUT2D eigenvalue weighted by Crippen LogP contribution is 2.41. The second-order valence-electron chi connectivity index (χ2n) is 4.49. The van der Waals surface area contributed by atoms with E-state index in [0.29, 0.717) is 0 Å². The zero-order chi connectivity index (χ0) is 9.54. The highest BCUT2D eigenvalue weighted by Gasteiger charge is 2.27. The van der Waals surface area contributed by atoms with Gasteiger partial charge in [-0.05, 0) is 32.1 Å². The topological polar surface area (TPSA) is 38.9 Å². The van der Waals surface area contributed by atoms with Gasteiger partial charge >= 0.3 is 0 Å². The molecule has 0 amide bonds. The Balaban J connectivity index is 1.93. The van der Waals surface area contributed by atoms with Crippen molar-refractivity contribution < 1.29 is 0 Å². The van der Waals surface area contributed by atoms with Crippen LogP contribution in [0.4, 0.5) is 0 Å². The van der Waals surface area contributed by atoms with Gasteiger partial charge in [0.25, 0.3) is 0 Å². The van der Waals surface area contributed by atoms with Gasteiger partial charge in [0.1, 0.15) is 0 Å². The molecule has 1 fully saturated rings. The third-order valence-corrected chi connectivity index (χ3v) is 4.76. The molecule has 1 unspecified atom stereocenters. The van der Waals surface area contributed by atoms with Crippen LogP contribution in [0.1, 0.15) is 59.6 Å². The van der Waals surface area contributed by atoms with E-state index in [2.05, 4.69) is 0 Å². The standard InChI is InChI=1S/C11H16N2S/c12-8-5-2-6-9-10(8)13-11(14-9)7-3-1-4-7/h7-8H,1-6,12H2. The Labute approximate surface area is 88.5 Å². The molecule has 14 heavy (non-hydrogen) atoms. The van der Waals surface area contributed by atoms with E-state index in [9.17, 15) is 0 Å². The summed E-state index contributed by atoms with van der Waals surface area (Å²) in [6.45, 7) is 0. The first-order valence-electron chi connectivity index (χ1n) is 5.59. The van der Waals surface area contributed by atoms with Crippen LogP contribution in [0.3, 0.4) is 0 Å². The smallest absolute Gasteiger partial charge is 0.0962 e. The van der Waals surface area contributed by atoms with Crippen molar-refractivity contribution in [1.29, 1.82) is 0 Å². The number of fused-ring (bicyclic) bond motifs is 1. The van der Waals surface area contributed by atoms with Crippen molar-refractivity contribution in [3.8, 4) is 0 Å². The number of rotatable bonds is 1. The van der Waals surface area contributed by atoms with Gasteiger partial charge in [-0.15, -0.1) is 11.3 Å². The largest absolute Gasteiger partial charge is 0.323 e. The summed E-state index contributed by atoms with van der Waals surface area (Å²) in [5, 5.41) is 1.37. The summed E-state index contributed by atoms with van der Waals surface area (Å²) in [6, 6.07) is 0.226. The van der Waals surface area contributed by atoms with Crippen molar-refractivity contribution in [3.05, 3.63) is 15.6 Å². The first kappa shape index (κ1) is 8.86. The summed E-state index contributed by atoms with van der Waals surface area (Å²) in [7, 11) is 0. The molecule has 0 aromatic carbocycles. The molecule has 1 saturated carbocycles. The van der Waals surface area contributed by atoms with Crippen LogP contribution >= 0.6 is 11.3 Å². The van der Waals surface area contributed by atoms with E-state index in [1.165, 1.54) is 47.7 Å². The quantitative estimate of drug-likeness (QED) is 0.770. The van der Waals surface area contributed by atoms with Crippen LogP contribution in [-0.4, -0.2) is 4.98 Å². The van der Waals surface area contributed by atoms with Crippen molar-refractivity contribution in [2.45, 2.75) is 50.5 Å². The van der Waals surface area contributed by atoms with Crippen molar-refractivity contribution in [2.24, 2.45) is 5.73 Å². The highest BCUT2D eigenvalue weighted by molar-refractivity contribution is 7.11. The molecule has 0 radical (unpaired) electrons. The van der Waals surface area contributed by atoms with Crippen LogP contribution in [0.5, 0.6) is 0 Å². The SMILES string of the molecule is NC1CCCc2sc(C3CCC3)nc21. The number of hydrogen-bond donors (Lipinski definition) is 1. The van der Waals surface area contributed by atoms with Gasteiger partial charge in [0.2, 0.25) is 0 Å². The third-order valence-electron chi connectivity index (χ3n) is 3.47. The van der Waals surface area contributed by atoms with Crippen LogP contribution in [-0.2, 0) is 6.42 Å². The number of nitrogens with two attached hydrogens (primary N) is 1. The monoisotopic (exact) mass is 208 g/mol. The lowest BCUT2D eigenvalue weighted by molar-refractivity contribution is 0.416. The van der Waals surface area contributed by atoms with Crippen LogP contribution < -0.4 is 5.73 Å². The summed E-state index contributed by atoms with van der Waals surface area (Å²) >= 11 is 1.93. The Kier molecular flexibility index (Phi) is 2.10. The molecule has 0 spiro atoms.